The monoisotopic (exact) mass is 462 g/mol. The predicted octanol–water partition coefficient (Wildman–Crippen LogP) is 2.82. The molecule has 4 amide bonds. The number of aromatic nitrogens is 1. The van der Waals surface area contributed by atoms with Gasteiger partial charge in [-0.05, 0) is 48.4 Å². The molecule has 8 heteroatoms. The molecular formula is C26H30N4O4. The Morgan fingerprint density at radius 3 is 2.53 bits per heavy atom. The molecule has 0 radical (unpaired) electrons. The van der Waals surface area contributed by atoms with E-state index in [0.29, 0.717) is 31.2 Å². The van der Waals surface area contributed by atoms with Crippen LogP contribution in [0.25, 0.3) is 0 Å². The van der Waals surface area contributed by atoms with Crippen molar-refractivity contribution in [2.45, 2.75) is 57.5 Å². The van der Waals surface area contributed by atoms with Gasteiger partial charge in [0.2, 0.25) is 5.91 Å². The zero-order valence-electron chi connectivity index (χ0n) is 19.6. The summed E-state index contributed by atoms with van der Waals surface area (Å²) in [7, 11) is 0. The van der Waals surface area contributed by atoms with Crippen LogP contribution < -0.4 is 15.8 Å². The van der Waals surface area contributed by atoms with Crippen molar-refractivity contribution in [3.63, 3.8) is 0 Å². The van der Waals surface area contributed by atoms with Crippen molar-refractivity contribution in [3.8, 4) is 0 Å². The minimum atomic E-state index is -0.704. The van der Waals surface area contributed by atoms with Crippen LogP contribution in [0.3, 0.4) is 0 Å². The highest BCUT2D eigenvalue weighted by atomic mass is 16.2. The summed E-state index contributed by atoms with van der Waals surface area (Å²) in [6, 6.07) is 11.6. The van der Waals surface area contributed by atoms with E-state index in [1.165, 1.54) is 4.90 Å². The van der Waals surface area contributed by atoms with Gasteiger partial charge in [-0.2, -0.15) is 0 Å². The van der Waals surface area contributed by atoms with Gasteiger partial charge in [0, 0.05) is 43.7 Å². The molecule has 2 bridgehead atoms. The number of likely N-dealkylation sites (tertiary alicyclic amines) is 1. The molecule has 178 valence electrons. The lowest BCUT2D eigenvalue weighted by Crippen LogP contribution is -2.49. The number of piperidine rings is 1. The molecule has 2 saturated heterocycles. The van der Waals surface area contributed by atoms with Crippen molar-refractivity contribution in [1.29, 1.82) is 0 Å². The van der Waals surface area contributed by atoms with E-state index in [4.69, 9.17) is 0 Å². The SMILES string of the molecule is CC(C)c1ccc(N2C(=O)NC(CCC(=O)N3CC4CC(C3)c3cccc(=O)n3C4)C2=O)cc1. The van der Waals surface area contributed by atoms with Crippen molar-refractivity contribution in [3.05, 3.63) is 64.1 Å². The number of rotatable bonds is 5. The van der Waals surface area contributed by atoms with Gasteiger partial charge in [0.25, 0.3) is 11.5 Å². The molecular weight excluding hydrogens is 432 g/mol. The fourth-order valence-corrected chi connectivity index (χ4v) is 5.51. The highest BCUT2D eigenvalue weighted by molar-refractivity contribution is 6.21. The Labute approximate surface area is 198 Å². The van der Waals surface area contributed by atoms with E-state index < -0.39 is 12.1 Å². The Hall–Kier alpha value is -3.42. The number of imide groups is 1. The number of hydrogen-bond donors (Lipinski definition) is 1. The summed E-state index contributed by atoms with van der Waals surface area (Å²) < 4.78 is 1.84. The lowest BCUT2D eigenvalue weighted by molar-refractivity contribution is -0.134. The molecule has 3 aliphatic rings. The molecule has 5 rings (SSSR count). The van der Waals surface area contributed by atoms with Crippen LogP contribution in [0.15, 0.2) is 47.3 Å². The number of fused-ring (bicyclic) bond motifs is 4. The molecule has 1 N–H and O–H groups in total. The lowest BCUT2D eigenvalue weighted by atomic mass is 9.83. The highest BCUT2D eigenvalue weighted by Crippen LogP contribution is 2.35. The molecule has 0 spiro atoms. The molecule has 8 nitrogen and oxygen atoms in total. The van der Waals surface area contributed by atoms with Gasteiger partial charge in [-0.1, -0.05) is 32.0 Å². The molecule has 1 aromatic carbocycles. The van der Waals surface area contributed by atoms with E-state index >= 15 is 0 Å². The van der Waals surface area contributed by atoms with Crippen LogP contribution in [-0.2, 0) is 16.1 Å². The topological polar surface area (TPSA) is 91.7 Å². The summed E-state index contributed by atoms with van der Waals surface area (Å²) in [5.41, 5.74) is 2.69. The number of nitrogens with zero attached hydrogens (tertiary/aromatic N) is 3. The number of pyridine rings is 1. The normalized spacial score (nSPS) is 23.8. The molecule has 2 aromatic rings. The van der Waals surface area contributed by atoms with E-state index in [0.717, 1.165) is 17.7 Å². The Balaban J connectivity index is 1.21. The predicted molar refractivity (Wildman–Crippen MR) is 128 cm³/mol. The van der Waals surface area contributed by atoms with Crippen molar-refractivity contribution >= 4 is 23.5 Å². The summed E-state index contributed by atoms with van der Waals surface area (Å²) in [5, 5.41) is 2.74. The second-order valence-corrected chi connectivity index (χ2v) is 9.96. The first kappa shape index (κ1) is 22.4. The fraction of sp³-hybridized carbons (Fsp3) is 0.462. The number of carbonyl (C=O) groups is 3. The van der Waals surface area contributed by atoms with E-state index in [1.54, 1.807) is 24.3 Å². The van der Waals surface area contributed by atoms with E-state index in [2.05, 4.69) is 19.2 Å². The van der Waals surface area contributed by atoms with Crippen LogP contribution in [0.2, 0.25) is 0 Å². The third kappa shape index (κ3) is 4.02. The van der Waals surface area contributed by atoms with Crippen molar-refractivity contribution in [2.24, 2.45) is 5.92 Å². The van der Waals surface area contributed by atoms with Crippen LogP contribution in [0.4, 0.5) is 10.5 Å². The zero-order valence-corrected chi connectivity index (χ0v) is 19.6. The Kier molecular flexibility index (Phi) is 5.75. The van der Waals surface area contributed by atoms with Crippen LogP contribution in [-0.4, -0.2) is 46.4 Å². The number of hydrogen-bond acceptors (Lipinski definition) is 4. The average molecular weight is 463 g/mol. The van der Waals surface area contributed by atoms with Gasteiger partial charge < -0.3 is 14.8 Å². The quantitative estimate of drug-likeness (QED) is 0.692. The average Bonchev–Trinajstić information content (AvgIpc) is 3.11. The number of amides is 4. The van der Waals surface area contributed by atoms with Crippen LogP contribution in [0, 0.1) is 5.92 Å². The summed E-state index contributed by atoms with van der Waals surface area (Å²) in [6.07, 6.45) is 1.44. The van der Waals surface area contributed by atoms with Gasteiger partial charge in [0.1, 0.15) is 6.04 Å². The number of benzene rings is 1. The summed E-state index contributed by atoms with van der Waals surface area (Å²) in [4.78, 5) is 53.7. The molecule has 3 aliphatic heterocycles. The standard InChI is InChI=1S/C26H30N4O4/c1-16(2)18-6-8-20(9-7-18)30-25(33)21(27-26(30)34)10-11-23(31)28-13-17-12-19(15-28)22-4-3-5-24(32)29(22)14-17/h3-9,16-17,19,21H,10-15H2,1-2H3,(H,27,34). The first-order chi connectivity index (χ1) is 16.3. The molecule has 3 unspecified atom stereocenters. The third-order valence-electron chi connectivity index (χ3n) is 7.32. The first-order valence-electron chi connectivity index (χ1n) is 12.0. The van der Waals surface area contributed by atoms with Crippen molar-refractivity contribution < 1.29 is 14.4 Å². The number of anilines is 1. The Morgan fingerprint density at radius 1 is 1.03 bits per heavy atom. The van der Waals surface area contributed by atoms with Crippen molar-refractivity contribution in [2.75, 3.05) is 18.0 Å². The van der Waals surface area contributed by atoms with Gasteiger partial charge in [0.05, 0.1) is 5.69 Å². The lowest BCUT2D eigenvalue weighted by Gasteiger charge is -2.42. The van der Waals surface area contributed by atoms with E-state index in [1.807, 2.05) is 27.7 Å². The largest absolute Gasteiger partial charge is 0.342 e. The molecule has 2 fully saturated rings. The van der Waals surface area contributed by atoms with Crippen LogP contribution in [0.5, 0.6) is 0 Å². The minimum Gasteiger partial charge on any atom is -0.342 e. The second-order valence-electron chi connectivity index (χ2n) is 9.96. The molecule has 34 heavy (non-hydrogen) atoms. The summed E-state index contributed by atoms with van der Waals surface area (Å²) in [6.45, 7) is 6.01. The Morgan fingerprint density at radius 2 is 1.79 bits per heavy atom. The maximum atomic E-state index is 13.0. The van der Waals surface area contributed by atoms with Gasteiger partial charge in [-0.3, -0.25) is 14.4 Å². The summed E-state index contributed by atoms with van der Waals surface area (Å²) in [5.74, 6) is 0.441. The van der Waals surface area contributed by atoms with Gasteiger partial charge in [-0.25, -0.2) is 9.69 Å². The zero-order chi connectivity index (χ0) is 24.0. The number of nitrogens with one attached hydrogen (secondary N) is 1. The maximum absolute atomic E-state index is 13.0. The molecule has 0 saturated carbocycles. The fourth-order valence-electron chi connectivity index (χ4n) is 5.51. The summed E-state index contributed by atoms with van der Waals surface area (Å²) >= 11 is 0. The first-order valence-corrected chi connectivity index (χ1v) is 12.0. The van der Waals surface area contributed by atoms with Crippen LogP contribution in [0.1, 0.15) is 56.2 Å². The highest BCUT2D eigenvalue weighted by Gasteiger charge is 2.40. The van der Waals surface area contributed by atoms with E-state index in [-0.39, 0.29) is 42.1 Å². The molecule has 4 heterocycles. The maximum Gasteiger partial charge on any atom is 0.329 e. The second kappa shape index (κ2) is 8.74. The van der Waals surface area contributed by atoms with Gasteiger partial charge in [-0.15, -0.1) is 0 Å². The van der Waals surface area contributed by atoms with Gasteiger partial charge >= 0.3 is 6.03 Å². The van der Waals surface area contributed by atoms with E-state index in [9.17, 15) is 19.2 Å². The molecule has 0 aliphatic carbocycles. The molecule has 3 atom stereocenters. The van der Waals surface area contributed by atoms with Crippen LogP contribution >= 0.6 is 0 Å². The minimum absolute atomic E-state index is 0.0109. The van der Waals surface area contributed by atoms with Crippen molar-refractivity contribution in [1.82, 2.24) is 14.8 Å². The third-order valence-corrected chi connectivity index (χ3v) is 7.32. The molecule has 1 aromatic heterocycles. The van der Waals surface area contributed by atoms with Gasteiger partial charge in [0.15, 0.2) is 0 Å². The number of urea groups is 1. The number of carbonyl (C=O) groups excluding carboxylic acids is 3. The Bertz CT molecular complexity index is 1190. The smallest absolute Gasteiger partial charge is 0.329 e.